The molecule has 2 aliphatic rings. The minimum absolute atomic E-state index is 0.210. The molecule has 8 heteroatoms. The van der Waals surface area contributed by atoms with Crippen LogP contribution in [-0.4, -0.2) is 29.9 Å². The molecule has 1 aliphatic carbocycles. The number of rotatable bonds is 3. The molecule has 2 N–H and O–H groups in total. The molecule has 0 bridgehead atoms. The number of carbonyl (C=O) groups excluding carboxylic acids is 1. The Morgan fingerprint density at radius 3 is 2.81 bits per heavy atom. The van der Waals surface area contributed by atoms with Gasteiger partial charge in [-0.2, -0.15) is 5.26 Å². The largest absolute Gasteiger partial charge is 0.333 e. The van der Waals surface area contributed by atoms with Crippen LogP contribution in [0.25, 0.3) is 0 Å². The molecule has 1 aliphatic heterocycles. The van der Waals surface area contributed by atoms with Gasteiger partial charge in [-0.15, -0.1) is 0 Å². The van der Waals surface area contributed by atoms with Crippen molar-refractivity contribution in [2.75, 3.05) is 11.9 Å². The Kier molecular flexibility index (Phi) is 6.35. The van der Waals surface area contributed by atoms with Crippen molar-refractivity contribution < 1.29 is 4.79 Å². The first-order chi connectivity index (χ1) is 15.5. The SMILES string of the molecule is CN1C(=O)C(NC(=S)NC2=CC(C#N)CC=C2)N=C(c2ccccc2)c2cc(Cl)ccc21. The maximum absolute atomic E-state index is 13.3. The Balaban J connectivity index is 1.68. The summed E-state index contributed by atoms with van der Waals surface area (Å²) in [6.07, 6.45) is 5.31. The third-order valence-corrected chi connectivity index (χ3v) is 5.66. The molecule has 2 aromatic carbocycles. The molecular formula is C24H20ClN5OS. The van der Waals surface area contributed by atoms with Crippen LogP contribution in [-0.2, 0) is 4.79 Å². The van der Waals surface area contributed by atoms with E-state index in [4.69, 9.17) is 34.1 Å². The van der Waals surface area contributed by atoms with Crippen LogP contribution in [0.15, 0.2) is 77.4 Å². The minimum atomic E-state index is -0.943. The van der Waals surface area contributed by atoms with Crippen molar-refractivity contribution in [3.63, 3.8) is 0 Å². The van der Waals surface area contributed by atoms with Crippen LogP contribution >= 0.6 is 23.8 Å². The molecule has 1 amide bonds. The number of aliphatic imine (C=N–C) groups is 1. The van der Waals surface area contributed by atoms with Crippen LogP contribution < -0.4 is 15.5 Å². The van der Waals surface area contributed by atoms with Gasteiger partial charge in [-0.3, -0.25) is 4.79 Å². The zero-order valence-electron chi connectivity index (χ0n) is 17.2. The Labute approximate surface area is 196 Å². The molecule has 0 spiro atoms. The van der Waals surface area contributed by atoms with Gasteiger partial charge in [0.2, 0.25) is 6.17 Å². The van der Waals surface area contributed by atoms with E-state index >= 15 is 0 Å². The van der Waals surface area contributed by atoms with Gasteiger partial charge >= 0.3 is 0 Å². The summed E-state index contributed by atoms with van der Waals surface area (Å²) in [6.45, 7) is 0. The molecule has 6 nitrogen and oxygen atoms in total. The van der Waals surface area contributed by atoms with Crippen molar-refractivity contribution in [3.8, 4) is 6.07 Å². The number of thiocarbonyl (C=S) groups is 1. The number of benzodiazepines with no additional fused rings is 1. The number of fused-ring (bicyclic) bond motifs is 1. The molecule has 0 fully saturated rings. The highest BCUT2D eigenvalue weighted by Gasteiger charge is 2.30. The van der Waals surface area contributed by atoms with Gasteiger partial charge in [-0.05, 0) is 49.0 Å². The zero-order valence-corrected chi connectivity index (χ0v) is 18.8. The molecule has 2 unspecified atom stereocenters. The van der Waals surface area contributed by atoms with E-state index in [2.05, 4.69) is 16.7 Å². The second kappa shape index (κ2) is 9.35. The number of anilines is 1. The van der Waals surface area contributed by atoms with E-state index in [1.54, 1.807) is 18.0 Å². The highest BCUT2D eigenvalue weighted by molar-refractivity contribution is 7.80. The van der Waals surface area contributed by atoms with Gasteiger partial charge in [0.25, 0.3) is 5.91 Å². The van der Waals surface area contributed by atoms with E-state index in [9.17, 15) is 4.79 Å². The van der Waals surface area contributed by atoms with E-state index in [-0.39, 0.29) is 16.9 Å². The van der Waals surface area contributed by atoms with E-state index in [1.807, 2.05) is 60.7 Å². The second-order valence-corrected chi connectivity index (χ2v) is 8.24. The number of benzene rings is 2. The number of amides is 1. The summed E-state index contributed by atoms with van der Waals surface area (Å²) < 4.78 is 0. The van der Waals surface area contributed by atoms with E-state index < -0.39 is 6.17 Å². The Morgan fingerprint density at radius 2 is 2.06 bits per heavy atom. The van der Waals surface area contributed by atoms with Crippen LogP contribution in [0, 0.1) is 17.2 Å². The fourth-order valence-electron chi connectivity index (χ4n) is 3.61. The lowest BCUT2D eigenvalue weighted by atomic mass is 10.0. The summed E-state index contributed by atoms with van der Waals surface area (Å²) in [7, 11) is 1.70. The molecule has 2 aromatic rings. The molecule has 0 radical (unpaired) electrons. The number of nitrogens with zero attached hydrogens (tertiary/aromatic N) is 3. The summed E-state index contributed by atoms with van der Waals surface area (Å²) >= 11 is 11.7. The lowest BCUT2D eigenvalue weighted by Gasteiger charge is -2.22. The van der Waals surface area contributed by atoms with E-state index in [0.29, 0.717) is 28.5 Å². The number of nitrogens with one attached hydrogen (secondary N) is 2. The molecule has 32 heavy (non-hydrogen) atoms. The van der Waals surface area contributed by atoms with Crippen molar-refractivity contribution >= 4 is 46.2 Å². The van der Waals surface area contributed by atoms with Crippen molar-refractivity contribution in [2.45, 2.75) is 12.6 Å². The minimum Gasteiger partial charge on any atom is -0.333 e. The Morgan fingerprint density at radius 1 is 1.28 bits per heavy atom. The maximum Gasteiger partial charge on any atom is 0.272 e. The predicted molar refractivity (Wildman–Crippen MR) is 131 cm³/mol. The molecular weight excluding hydrogens is 442 g/mol. The van der Waals surface area contributed by atoms with Crippen molar-refractivity contribution in [3.05, 3.63) is 88.6 Å². The number of halogens is 1. The standard InChI is InChI=1S/C24H20ClN5OS/c1-30-20-11-10-17(25)13-19(20)21(16-7-3-2-4-8-16)28-22(23(30)31)29-24(32)27-18-9-5-6-15(12-18)14-26/h2-5,7-13,15,22H,6H2,1H3,(H2,27,29,32). The van der Waals surface area contributed by atoms with Crippen molar-refractivity contribution in [1.82, 2.24) is 10.6 Å². The topological polar surface area (TPSA) is 80.5 Å². The number of carbonyl (C=O) groups is 1. The number of hydrogen-bond acceptors (Lipinski definition) is 4. The smallest absolute Gasteiger partial charge is 0.272 e. The first-order valence-electron chi connectivity index (χ1n) is 10.0. The Bertz CT molecular complexity index is 1200. The zero-order chi connectivity index (χ0) is 22.7. The molecule has 0 aromatic heterocycles. The first-order valence-corrected chi connectivity index (χ1v) is 10.8. The number of nitriles is 1. The van der Waals surface area contributed by atoms with Crippen molar-refractivity contribution in [1.29, 1.82) is 5.26 Å². The van der Waals surface area contributed by atoms with Crippen molar-refractivity contribution in [2.24, 2.45) is 10.9 Å². The van der Waals surface area contributed by atoms with Crippen LogP contribution in [0.3, 0.4) is 0 Å². The van der Waals surface area contributed by atoms with E-state index in [1.165, 1.54) is 0 Å². The van der Waals surface area contributed by atoms with Gasteiger partial charge < -0.3 is 15.5 Å². The van der Waals surface area contributed by atoms with Gasteiger partial charge in [-0.1, -0.05) is 48.0 Å². The predicted octanol–water partition coefficient (Wildman–Crippen LogP) is 3.93. The van der Waals surface area contributed by atoms with Crippen LogP contribution in [0.1, 0.15) is 17.5 Å². The summed E-state index contributed by atoms with van der Waals surface area (Å²) in [4.78, 5) is 19.6. The molecule has 160 valence electrons. The lowest BCUT2D eigenvalue weighted by Crippen LogP contribution is -2.49. The maximum atomic E-state index is 13.3. The van der Waals surface area contributed by atoms with Gasteiger partial charge in [-0.25, -0.2) is 4.99 Å². The third kappa shape index (κ3) is 4.57. The van der Waals surface area contributed by atoms with Crippen LogP contribution in [0.4, 0.5) is 5.69 Å². The van der Waals surface area contributed by atoms with Crippen LogP contribution in [0.2, 0.25) is 5.02 Å². The van der Waals surface area contributed by atoms with Gasteiger partial charge in [0.1, 0.15) is 0 Å². The number of allylic oxidation sites excluding steroid dienone is 3. The van der Waals surface area contributed by atoms with Crippen LogP contribution in [0.5, 0.6) is 0 Å². The second-order valence-electron chi connectivity index (χ2n) is 7.40. The highest BCUT2D eigenvalue weighted by atomic mass is 35.5. The molecule has 4 rings (SSSR count). The molecule has 0 saturated carbocycles. The number of likely N-dealkylation sites (N-methyl/N-ethyl adjacent to an activating group) is 1. The fraction of sp³-hybridized carbons (Fsp3) is 0.167. The third-order valence-electron chi connectivity index (χ3n) is 5.20. The normalized spacial score (nSPS) is 19.8. The van der Waals surface area contributed by atoms with Gasteiger partial charge in [0, 0.05) is 28.9 Å². The average Bonchev–Trinajstić information content (AvgIpc) is 2.90. The first kappa shape index (κ1) is 21.8. The molecule has 1 heterocycles. The average molecular weight is 462 g/mol. The molecule has 0 saturated heterocycles. The van der Waals surface area contributed by atoms with E-state index in [0.717, 1.165) is 11.1 Å². The van der Waals surface area contributed by atoms with Gasteiger partial charge in [0.05, 0.1) is 23.4 Å². The lowest BCUT2D eigenvalue weighted by molar-refractivity contribution is -0.119. The quantitative estimate of drug-likeness (QED) is 0.677. The summed E-state index contributed by atoms with van der Waals surface area (Å²) in [5.74, 6) is -0.468. The monoisotopic (exact) mass is 461 g/mol. The summed E-state index contributed by atoms with van der Waals surface area (Å²) in [6, 6.07) is 17.2. The Hall–Kier alpha value is -3.47. The fourth-order valence-corrected chi connectivity index (χ4v) is 4.01. The summed E-state index contributed by atoms with van der Waals surface area (Å²) in [5, 5.41) is 16.0. The summed E-state index contributed by atoms with van der Waals surface area (Å²) in [5.41, 5.74) is 3.68. The van der Waals surface area contributed by atoms with Gasteiger partial charge in [0.15, 0.2) is 5.11 Å². The highest BCUT2D eigenvalue weighted by Crippen LogP contribution is 2.29. The molecule has 2 atom stereocenters. The number of hydrogen-bond donors (Lipinski definition) is 2.